The average molecular weight is 268 g/mol. The van der Waals surface area contributed by atoms with Crippen molar-refractivity contribution in [1.29, 1.82) is 0 Å². The number of methoxy groups -OCH3 is 1. The van der Waals surface area contributed by atoms with Gasteiger partial charge in [-0.25, -0.2) is 0 Å². The second-order valence-electron chi connectivity index (χ2n) is 5.22. The van der Waals surface area contributed by atoms with E-state index in [1.54, 1.807) is 0 Å². The van der Waals surface area contributed by atoms with Crippen LogP contribution in [0.15, 0.2) is 12.2 Å². The Morgan fingerprint density at radius 3 is 1.89 bits per heavy atom. The molecule has 0 aromatic heterocycles. The number of ether oxygens (including phenoxy) is 1. The molecule has 2 nitrogen and oxygen atoms in total. The third-order valence-corrected chi connectivity index (χ3v) is 3.40. The van der Waals surface area contributed by atoms with Crippen molar-refractivity contribution in [2.24, 2.45) is 0 Å². The Morgan fingerprint density at radius 1 is 0.842 bits per heavy atom. The molecule has 0 aliphatic heterocycles. The Morgan fingerprint density at radius 2 is 1.37 bits per heavy atom. The molecule has 2 heteroatoms. The summed E-state index contributed by atoms with van der Waals surface area (Å²) in [5.74, 6) is -0.153. The van der Waals surface area contributed by atoms with E-state index in [0.29, 0.717) is 6.42 Å². The van der Waals surface area contributed by atoms with E-state index in [1.807, 2.05) is 6.08 Å². The molecule has 0 aliphatic carbocycles. The molecule has 0 aliphatic rings. The largest absolute Gasteiger partial charge is 0.469 e. The van der Waals surface area contributed by atoms with Crippen LogP contribution in [0.2, 0.25) is 0 Å². The lowest BCUT2D eigenvalue weighted by Gasteiger charge is -2.01. The molecule has 0 aromatic carbocycles. The zero-order valence-electron chi connectivity index (χ0n) is 13.0. The number of hydrogen-bond donors (Lipinski definition) is 0. The predicted molar refractivity (Wildman–Crippen MR) is 82.2 cm³/mol. The molecule has 0 amide bonds. The van der Waals surface area contributed by atoms with Crippen LogP contribution >= 0.6 is 0 Å². The highest BCUT2D eigenvalue weighted by Gasteiger charge is 1.94. The fourth-order valence-electron chi connectivity index (χ4n) is 2.13. The van der Waals surface area contributed by atoms with Crippen molar-refractivity contribution in [2.75, 3.05) is 7.11 Å². The first-order chi connectivity index (χ1) is 9.31. The molecule has 0 saturated carbocycles. The summed E-state index contributed by atoms with van der Waals surface area (Å²) < 4.78 is 4.57. The highest BCUT2D eigenvalue weighted by Crippen LogP contribution is 2.11. The van der Waals surface area contributed by atoms with E-state index in [1.165, 1.54) is 71.3 Å². The Kier molecular flexibility index (Phi) is 14.6. The second kappa shape index (κ2) is 15.3. The molecule has 19 heavy (non-hydrogen) atoms. The quantitative estimate of drug-likeness (QED) is 0.253. The highest BCUT2D eigenvalue weighted by atomic mass is 16.5. The summed E-state index contributed by atoms with van der Waals surface area (Å²) in [6.07, 6.45) is 19.2. The summed E-state index contributed by atoms with van der Waals surface area (Å²) in [6.45, 7) is 2.26. The standard InChI is InChI=1S/C17H32O2/c1-3-4-5-6-7-8-9-10-11-12-13-14-15-16-17(18)19-2/h14-15H,3-13,16H2,1-2H3/b15-14-. The highest BCUT2D eigenvalue weighted by molar-refractivity contribution is 5.70. The summed E-state index contributed by atoms with van der Waals surface area (Å²) in [6, 6.07) is 0. The molecule has 0 fully saturated rings. The van der Waals surface area contributed by atoms with Crippen molar-refractivity contribution < 1.29 is 9.53 Å². The maximum Gasteiger partial charge on any atom is 0.309 e. The zero-order valence-corrected chi connectivity index (χ0v) is 13.0. The van der Waals surface area contributed by atoms with E-state index in [9.17, 15) is 4.79 Å². The second-order valence-corrected chi connectivity index (χ2v) is 5.22. The summed E-state index contributed by atoms with van der Waals surface area (Å²) >= 11 is 0. The molecule has 0 aromatic rings. The van der Waals surface area contributed by atoms with Crippen LogP contribution in [0.1, 0.15) is 84.0 Å². The average Bonchev–Trinajstić information content (AvgIpc) is 2.43. The van der Waals surface area contributed by atoms with Gasteiger partial charge in [-0.15, -0.1) is 0 Å². The van der Waals surface area contributed by atoms with Crippen LogP contribution in [-0.4, -0.2) is 13.1 Å². The third-order valence-electron chi connectivity index (χ3n) is 3.40. The summed E-state index contributed by atoms with van der Waals surface area (Å²) in [7, 11) is 1.43. The molecule has 0 radical (unpaired) electrons. The predicted octanol–water partition coefficient (Wildman–Crippen LogP) is 5.42. The summed E-state index contributed by atoms with van der Waals surface area (Å²) in [5.41, 5.74) is 0. The van der Waals surface area contributed by atoms with Gasteiger partial charge in [0.2, 0.25) is 0 Å². The number of carbonyl (C=O) groups is 1. The Balaban J connectivity index is 3.08. The van der Waals surface area contributed by atoms with Gasteiger partial charge in [-0.05, 0) is 12.8 Å². The van der Waals surface area contributed by atoms with Gasteiger partial charge in [0.1, 0.15) is 0 Å². The number of esters is 1. The molecular formula is C17H32O2. The monoisotopic (exact) mass is 268 g/mol. The molecule has 0 rings (SSSR count). The van der Waals surface area contributed by atoms with Crippen molar-refractivity contribution in [2.45, 2.75) is 84.0 Å². The molecular weight excluding hydrogens is 236 g/mol. The summed E-state index contributed by atoms with van der Waals surface area (Å²) in [5, 5.41) is 0. The van der Waals surface area contributed by atoms with Crippen LogP contribution in [0.4, 0.5) is 0 Å². The molecule has 0 atom stereocenters. The van der Waals surface area contributed by atoms with Crippen molar-refractivity contribution >= 4 is 5.97 Å². The molecule has 0 heterocycles. The lowest BCUT2D eigenvalue weighted by molar-refractivity contribution is -0.139. The van der Waals surface area contributed by atoms with E-state index in [-0.39, 0.29) is 5.97 Å². The fraction of sp³-hybridized carbons (Fsp3) is 0.824. The van der Waals surface area contributed by atoms with Crippen LogP contribution in [0.3, 0.4) is 0 Å². The maximum atomic E-state index is 10.8. The summed E-state index contributed by atoms with van der Waals surface area (Å²) in [4.78, 5) is 10.8. The van der Waals surface area contributed by atoms with Crippen molar-refractivity contribution in [1.82, 2.24) is 0 Å². The van der Waals surface area contributed by atoms with Crippen LogP contribution < -0.4 is 0 Å². The minimum Gasteiger partial charge on any atom is -0.469 e. The first-order valence-electron chi connectivity index (χ1n) is 8.03. The number of carbonyl (C=O) groups excluding carboxylic acids is 1. The van der Waals surface area contributed by atoms with E-state index >= 15 is 0 Å². The Labute approximate surface area is 119 Å². The zero-order chi connectivity index (χ0) is 14.2. The van der Waals surface area contributed by atoms with Crippen LogP contribution in [0.25, 0.3) is 0 Å². The first kappa shape index (κ1) is 18.2. The van der Waals surface area contributed by atoms with Crippen molar-refractivity contribution in [3.63, 3.8) is 0 Å². The van der Waals surface area contributed by atoms with Crippen molar-refractivity contribution in [3.05, 3.63) is 12.2 Å². The van der Waals surface area contributed by atoms with E-state index in [4.69, 9.17) is 0 Å². The lowest BCUT2D eigenvalue weighted by atomic mass is 10.1. The SMILES string of the molecule is CCCCCCCCCCCC/C=C\CC(=O)OC. The van der Waals surface area contributed by atoms with Crippen LogP contribution in [-0.2, 0) is 9.53 Å². The van der Waals surface area contributed by atoms with E-state index in [2.05, 4.69) is 17.7 Å². The van der Waals surface area contributed by atoms with Gasteiger partial charge >= 0.3 is 5.97 Å². The van der Waals surface area contributed by atoms with Gasteiger partial charge < -0.3 is 4.74 Å². The van der Waals surface area contributed by atoms with Gasteiger partial charge in [-0.1, -0.05) is 76.9 Å². The van der Waals surface area contributed by atoms with Gasteiger partial charge in [-0.2, -0.15) is 0 Å². The molecule has 0 bridgehead atoms. The minimum atomic E-state index is -0.153. The Bertz CT molecular complexity index is 221. The number of unbranched alkanes of at least 4 members (excludes halogenated alkanes) is 10. The molecule has 112 valence electrons. The first-order valence-corrected chi connectivity index (χ1v) is 8.03. The van der Waals surface area contributed by atoms with Gasteiger partial charge in [0.15, 0.2) is 0 Å². The molecule has 0 unspecified atom stereocenters. The molecule has 0 saturated heterocycles. The van der Waals surface area contributed by atoms with Crippen LogP contribution in [0, 0.1) is 0 Å². The fourth-order valence-corrected chi connectivity index (χ4v) is 2.13. The van der Waals surface area contributed by atoms with Crippen molar-refractivity contribution in [3.8, 4) is 0 Å². The maximum absolute atomic E-state index is 10.8. The number of rotatable bonds is 13. The normalized spacial score (nSPS) is 11.1. The number of hydrogen-bond acceptors (Lipinski definition) is 2. The number of allylic oxidation sites excluding steroid dienone is 1. The molecule has 0 spiro atoms. The third kappa shape index (κ3) is 15.2. The van der Waals surface area contributed by atoms with Crippen LogP contribution in [0.5, 0.6) is 0 Å². The lowest BCUT2D eigenvalue weighted by Crippen LogP contribution is -1.96. The van der Waals surface area contributed by atoms with Gasteiger partial charge in [0.05, 0.1) is 13.5 Å². The van der Waals surface area contributed by atoms with Gasteiger partial charge in [0, 0.05) is 0 Å². The van der Waals surface area contributed by atoms with Gasteiger partial charge in [-0.3, -0.25) is 4.79 Å². The van der Waals surface area contributed by atoms with E-state index < -0.39 is 0 Å². The minimum absolute atomic E-state index is 0.153. The topological polar surface area (TPSA) is 26.3 Å². The van der Waals surface area contributed by atoms with Gasteiger partial charge in [0.25, 0.3) is 0 Å². The molecule has 0 N–H and O–H groups in total. The Hall–Kier alpha value is -0.790. The van der Waals surface area contributed by atoms with E-state index in [0.717, 1.165) is 6.42 Å². The smallest absolute Gasteiger partial charge is 0.309 e.